The van der Waals surface area contributed by atoms with Crippen molar-refractivity contribution >= 4 is 11.0 Å². The Bertz CT molecular complexity index is 453. The van der Waals surface area contributed by atoms with E-state index in [0.29, 0.717) is 0 Å². The van der Waals surface area contributed by atoms with Crippen LogP contribution in [0.3, 0.4) is 0 Å². The molecule has 0 radical (unpaired) electrons. The van der Waals surface area contributed by atoms with Gasteiger partial charge in [0, 0.05) is 11.8 Å². The zero-order chi connectivity index (χ0) is 12.2. The number of rotatable bonds is 0. The number of nitrogens with zero attached hydrogens (tertiary/aromatic N) is 3. The summed E-state index contributed by atoms with van der Waals surface area (Å²) in [5, 5.41) is 8.03. The molecule has 0 unspecified atom stereocenters. The molecule has 0 aliphatic carbocycles. The molecule has 0 saturated carbocycles. The number of aromatic nitrogens is 3. The lowest BCUT2D eigenvalue weighted by Gasteiger charge is -2.18. The molecule has 0 aromatic carbocycles. The number of hydrogen-bond acceptors (Lipinski definition) is 3. The van der Waals surface area contributed by atoms with Crippen LogP contribution >= 0.6 is 0 Å². The summed E-state index contributed by atoms with van der Waals surface area (Å²) in [6.07, 6.45) is 3.59. The first-order valence-electron chi connectivity index (χ1n) is 5.66. The summed E-state index contributed by atoms with van der Waals surface area (Å²) >= 11 is 0. The van der Waals surface area contributed by atoms with Crippen LogP contribution in [0, 0.1) is 0 Å². The van der Waals surface area contributed by atoms with Crippen LogP contribution in [0.2, 0.25) is 0 Å². The van der Waals surface area contributed by atoms with E-state index in [-0.39, 0.29) is 5.41 Å². The highest BCUT2D eigenvalue weighted by Gasteiger charge is 2.18. The average Bonchev–Trinajstić information content (AvgIpc) is 2.30. The second-order valence-corrected chi connectivity index (χ2v) is 4.38. The normalized spacial score (nSPS) is 10.8. The summed E-state index contributed by atoms with van der Waals surface area (Å²) in [5.41, 5.74) is 3.01. The van der Waals surface area contributed by atoms with Crippen LogP contribution in [0.4, 0.5) is 0 Å². The van der Waals surface area contributed by atoms with Gasteiger partial charge in [-0.1, -0.05) is 34.6 Å². The molecule has 0 atom stereocenters. The monoisotopic (exact) mass is 217 g/mol. The SMILES string of the molecule is CC.CC(C)(C)c1cnnc2cccnc12. The number of pyridine rings is 1. The lowest BCUT2D eigenvalue weighted by atomic mass is 9.87. The minimum absolute atomic E-state index is 0.0581. The summed E-state index contributed by atoms with van der Waals surface area (Å²) in [6, 6.07) is 3.81. The Labute approximate surface area is 96.9 Å². The molecular weight excluding hydrogens is 198 g/mol. The van der Waals surface area contributed by atoms with Crippen molar-refractivity contribution in [2.45, 2.75) is 40.0 Å². The van der Waals surface area contributed by atoms with Crippen LogP contribution in [0.5, 0.6) is 0 Å². The van der Waals surface area contributed by atoms with Crippen LogP contribution in [0.1, 0.15) is 40.2 Å². The Balaban J connectivity index is 0.000000606. The third kappa shape index (κ3) is 2.54. The second kappa shape index (κ2) is 5.01. The zero-order valence-corrected chi connectivity index (χ0v) is 10.7. The van der Waals surface area contributed by atoms with Crippen LogP contribution in [0.15, 0.2) is 24.5 Å². The van der Waals surface area contributed by atoms with E-state index in [0.717, 1.165) is 16.6 Å². The Hall–Kier alpha value is -1.51. The van der Waals surface area contributed by atoms with Crippen LogP contribution in [-0.4, -0.2) is 15.2 Å². The molecule has 3 heteroatoms. The molecule has 0 fully saturated rings. The molecule has 0 amide bonds. The molecule has 2 heterocycles. The quantitative estimate of drug-likeness (QED) is 0.679. The van der Waals surface area contributed by atoms with Gasteiger partial charge < -0.3 is 0 Å². The van der Waals surface area contributed by atoms with Gasteiger partial charge in [0.2, 0.25) is 0 Å². The van der Waals surface area contributed by atoms with Gasteiger partial charge in [0.15, 0.2) is 0 Å². The molecule has 3 nitrogen and oxygen atoms in total. The molecule has 0 N–H and O–H groups in total. The maximum atomic E-state index is 4.35. The molecule has 0 aliphatic rings. The van der Waals surface area contributed by atoms with Gasteiger partial charge in [0.1, 0.15) is 5.52 Å². The first kappa shape index (κ1) is 12.6. The van der Waals surface area contributed by atoms with Gasteiger partial charge in [-0.05, 0) is 17.5 Å². The highest BCUT2D eigenvalue weighted by molar-refractivity contribution is 5.77. The van der Waals surface area contributed by atoms with Gasteiger partial charge in [0.25, 0.3) is 0 Å². The summed E-state index contributed by atoms with van der Waals surface area (Å²) < 4.78 is 0. The van der Waals surface area contributed by atoms with E-state index in [1.807, 2.05) is 26.0 Å². The van der Waals surface area contributed by atoms with Crippen molar-refractivity contribution in [2.75, 3.05) is 0 Å². The molecule has 16 heavy (non-hydrogen) atoms. The van der Waals surface area contributed by atoms with Crippen molar-refractivity contribution in [1.82, 2.24) is 15.2 Å². The first-order chi connectivity index (χ1) is 7.59. The van der Waals surface area contributed by atoms with Crippen molar-refractivity contribution in [3.8, 4) is 0 Å². The summed E-state index contributed by atoms with van der Waals surface area (Å²) in [5.74, 6) is 0. The third-order valence-electron chi connectivity index (χ3n) is 2.20. The van der Waals surface area contributed by atoms with E-state index < -0.39 is 0 Å². The van der Waals surface area contributed by atoms with Gasteiger partial charge in [-0.25, -0.2) is 0 Å². The molecule has 0 spiro atoms. The molecular formula is C13H19N3. The van der Waals surface area contributed by atoms with Crippen LogP contribution < -0.4 is 0 Å². The van der Waals surface area contributed by atoms with Gasteiger partial charge in [0.05, 0.1) is 11.7 Å². The summed E-state index contributed by atoms with van der Waals surface area (Å²) in [7, 11) is 0. The predicted molar refractivity (Wildman–Crippen MR) is 67.4 cm³/mol. The van der Waals surface area contributed by atoms with Crippen molar-refractivity contribution < 1.29 is 0 Å². The van der Waals surface area contributed by atoms with Gasteiger partial charge in [-0.2, -0.15) is 5.10 Å². The second-order valence-electron chi connectivity index (χ2n) is 4.38. The Kier molecular flexibility index (Phi) is 3.93. The smallest absolute Gasteiger partial charge is 0.112 e. The fourth-order valence-electron chi connectivity index (χ4n) is 1.44. The Morgan fingerprint density at radius 3 is 2.44 bits per heavy atom. The maximum Gasteiger partial charge on any atom is 0.112 e. The standard InChI is InChI=1S/C11H13N3.C2H6/c1-11(2,3)8-7-13-14-9-5-4-6-12-10(8)9;1-2/h4-7H,1-3H3;1-2H3. The molecule has 2 rings (SSSR count). The fraction of sp³-hybridized carbons (Fsp3) is 0.462. The Morgan fingerprint density at radius 1 is 1.12 bits per heavy atom. The van der Waals surface area contributed by atoms with Crippen molar-refractivity contribution in [1.29, 1.82) is 0 Å². The number of hydrogen-bond donors (Lipinski definition) is 0. The Morgan fingerprint density at radius 2 is 1.81 bits per heavy atom. The van der Waals surface area contributed by atoms with E-state index in [9.17, 15) is 0 Å². The molecule has 2 aromatic heterocycles. The summed E-state index contributed by atoms with van der Waals surface area (Å²) in [4.78, 5) is 4.35. The molecule has 0 bridgehead atoms. The molecule has 86 valence electrons. The lowest BCUT2D eigenvalue weighted by molar-refractivity contribution is 0.590. The topological polar surface area (TPSA) is 38.7 Å². The van der Waals surface area contributed by atoms with Crippen molar-refractivity contribution in [3.63, 3.8) is 0 Å². The van der Waals surface area contributed by atoms with E-state index >= 15 is 0 Å². The highest BCUT2D eigenvalue weighted by Crippen LogP contribution is 2.26. The number of fused-ring (bicyclic) bond motifs is 1. The highest BCUT2D eigenvalue weighted by atomic mass is 15.1. The predicted octanol–water partition coefficient (Wildman–Crippen LogP) is 3.35. The summed E-state index contributed by atoms with van der Waals surface area (Å²) in [6.45, 7) is 10.5. The minimum atomic E-state index is 0.0581. The van der Waals surface area contributed by atoms with Crippen LogP contribution in [-0.2, 0) is 5.41 Å². The van der Waals surface area contributed by atoms with E-state index in [2.05, 4.69) is 36.0 Å². The largest absolute Gasteiger partial charge is 0.254 e. The zero-order valence-electron chi connectivity index (χ0n) is 10.7. The molecule has 0 aliphatic heterocycles. The van der Waals surface area contributed by atoms with Gasteiger partial charge in [-0.3, -0.25) is 4.98 Å². The van der Waals surface area contributed by atoms with E-state index in [1.54, 1.807) is 12.4 Å². The van der Waals surface area contributed by atoms with Crippen molar-refractivity contribution in [3.05, 3.63) is 30.1 Å². The minimum Gasteiger partial charge on any atom is -0.254 e. The average molecular weight is 217 g/mol. The third-order valence-corrected chi connectivity index (χ3v) is 2.20. The fourth-order valence-corrected chi connectivity index (χ4v) is 1.44. The van der Waals surface area contributed by atoms with Crippen LogP contribution in [0.25, 0.3) is 11.0 Å². The van der Waals surface area contributed by atoms with E-state index in [4.69, 9.17) is 0 Å². The first-order valence-corrected chi connectivity index (χ1v) is 5.66. The van der Waals surface area contributed by atoms with E-state index in [1.165, 1.54) is 0 Å². The van der Waals surface area contributed by atoms with Gasteiger partial charge >= 0.3 is 0 Å². The lowest BCUT2D eigenvalue weighted by Crippen LogP contribution is -2.13. The maximum absolute atomic E-state index is 4.35. The molecule has 0 saturated heterocycles. The van der Waals surface area contributed by atoms with Gasteiger partial charge in [-0.15, -0.1) is 5.10 Å². The van der Waals surface area contributed by atoms with Crippen molar-refractivity contribution in [2.24, 2.45) is 0 Å². The molecule has 2 aromatic rings.